The van der Waals surface area contributed by atoms with Crippen molar-refractivity contribution in [2.75, 3.05) is 32.2 Å². The summed E-state index contributed by atoms with van der Waals surface area (Å²) >= 11 is 5.92. The van der Waals surface area contributed by atoms with E-state index >= 15 is 0 Å². The fourth-order valence-corrected chi connectivity index (χ4v) is 2.31. The first kappa shape index (κ1) is 13.5. The van der Waals surface area contributed by atoms with E-state index in [0.29, 0.717) is 23.7 Å². The molecule has 18 heavy (non-hydrogen) atoms. The fraction of sp³-hybridized carbons (Fsp3) is 0.583. The minimum absolute atomic E-state index is 0.0325. The van der Waals surface area contributed by atoms with Crippen molar-refractivity contribution in [3.63, 3.8) is 0 Å². The minimum atomic E-state index is -0.0936. The number of anilines is 1. The molecule has 0 aromatic carbocycles. The molecule has 1 aromatic rings. The second kappa shape index (κ2) is 5.84. The summed E-state index contributed by atoms with van der Waals surface area (Å²) in [5.74, 6) is 0.782. The van der Waals surface area contributed by atoms with Crippen LogP contribution >= 0.6 is 11.6 Å². The van der Waals surface area contributed by atoms with Gasteiger partial charge in [0.2, 0.25) is 0 Å². The highest BCUT2D eigenvalue weighted by atomic mass is 35.5. The van der Waals surface area contributed by atoms with Gasteiger partial charge in [-0.15, -0.1) is 0 Å². The van der Waals surface area contributed by atoms with Gasteiger partial charge in [-0.2, -0.15) is 0 Å². The molecule has 0 aliphatic carbocycles. The summed E-state index contributed by atoms with van der Waals surface area (Å²) < 4.78 is 10.8. The van der Waals surface area contributed by atoms with Crippen LogP contribution < -0.4 is 4.90 Å². The third-order valence-corrected chi connectivity index (χ3v) is 3.58. The Hall–Kier alpha value is -0.880. The molecule has 0 saturated carbocycles. The molecular formula is C12H17ClN2O3. The molecule has 1 N–H and O–H groups in total. The SMILES string of the molecule is COC1CN(c2cc(CO)c(Cl)cn2)CC1OC. The van der Waals surface area contributed by atoms with E-state index < -0.39 is 0 Å². The van der Waals surface area contributed by atoms with Gasteiger partial charge in [0.05, 0.1) is 11.6 Å². The van der Waals surface area contributed by atoms with E-state index in [2.05, 4.69) is 9.88 Å². The lowest BCUT2D eigenvalue weighted by Crippen LogP contribution is -2.27. The molecule has 0 spiro atoms. The van der Waals surface area contributed by atoms with Crippen molar-refractivity contribution in [2.24, 2.45) is 0 Å². The topological polar surface area (TPSA) is 54.8 Å². The maximum absolute atomic E-state index is 9.20. The predicted molar refractivity (Wildman–Crippen MR) is 69.0 cm³/mol. The summed E-state index contributed by atoms with van der Waals surface area (Å²) in [6.45, 7) is 1.34. The summed E-state index contributed by atoms with van der Waals surface area (Å²) in [5, 5.41) is 9.68. The van der Waals surface area contributed by atoms with Crippen molar-refractivity contribution in [3.8, 4) is 0 Å². The summed E-state index contributed by atoms with van der Waals surface area (Å²) in [6, 6.07) is 1.80. The van der Waals surface area contributed by atoms with Gasteiger partial charge in [-0.25, -0.2) is 4.98 Å². The van der Waals surface area contributed by atoms with Crippen LogP contribution in [-0.2, 0) is 16.1 Å². The Morgan fingerprint density at radius 3 is 2.50 bits per heavy atom. The molecule has 1 saturated heterocycles. The average Bonchev–Trinajstić information content (AvgIpc) is 2.82. The van der Waals surface area contributed by atoms with Gasteiger partial charge in [-0.3, -0.25) is 0 Å². The zero-order valence-corrected chi connectivity index (χ0v) is 11.2. The lowest BCUT2D eigenvalue weighted by molar-refractivity contribution is -0.00461. The van der Waals surface area contributed by atoms with Crippen LogP contribution in [-0.4, -0.2) is 49.6 Å². The van der Waals surface area contributed by atoms with Gasteiger partial charge in [0.25, 0.3) is 0 Å². The third-order valence-electron chi connectivity index (χ3n) is 3.24. The van der Waals surface area contributed by atoms with E-state index in [9.17, 15) is 5.11 Å². The third kappa shape index (κ3) is 2.59. The Bertz CT molecular complexity index is 404. The Labute approximate surface area is 111 Å². The maximum Gasteiger partial charge on any atom is 0.129 e. The monoisotopic (exact) mass is 272 g/mol. The summed E-state index contributed by atoms with van der Waals surface area (Å²) in [7, 11) is 3.35. The van der Waals surface area contributed by atoms with Crippen LogP contribution in [0.15, 0.2) is 12.3 Å². The van der Waals surface area contributed by atoms with Crippen molar-refractivity contribution in [2.45, 2.75) is 18.8 Å². The van der Waals surface area contributed by atoms with Gasteiger partial charge in [0.1, 0.15) is 18.0 Å². The number of hydrogen-bond acceptors (Lipinski definition) is 5. The minimum Gasteiger partial charge on any atom is -0.392 e. The van der Waals surface area contributed by atoms with E-state index in [1.54, 1.807) is 26.5 Å². The highest BCUT2D eigenvalue weighted by Gasteiger charge is 2.33. The number of rotatable bonds is 4. The number of pyridine rings is 1. The number of ether oxygens (including phenoxy) is 2. The van der Waals surface area contributed by atoms with Crippen LogP contribution in [0.5, 0.6) is 0 Å². The van der Waals surface area contributed by atoms with Gasteiger partial charge in [-0.05, 0) is 6.07 Å². The number of aliphatic hydroxyl groups is 1. The van der Waals surface area contributed by atoms with Crippen LogP contribution in [0.2, 0.25) is 5.02 Å². The highest BCUT2D eigenvalue weighted by molar-refractivity contribution is 6.31. The Balaban J connectivity index is 2.18. The number of aliphatic hydroxyl groups excluding tert-OH is 1. The Kier molecular flexibility index (Phi) is 4.40. The predicted octanol–water partition coefficient (Wildman–Crippen LogP) is 1.08. The van der Waals surface area contributed by atoms with E-state index in [1.165, 1.54) is 0 Å². The number of aromatic nitrogens is 1. The van der Waals surface area contributed by atoms with Crippen LogP contribution in [0.4, 0.5) is 5.82 Å². The van der Waals surface area contributed by atoms with E-state index in [0.717, 1.165) is 5.82 Å². The Morgan fingerprint density at radius 2 is 2.00 bits per heavy atom. The summed E-state index contributed by atoms with van der Waals surface area (Å²) in [4.78, 5) is 6.35. The van der Waals surface area contributed by atoms with E-state index in [-0.39, 0.29) is 18.8 Å². The largest absolute Gasteiger partial charge is 0.392 e. The smallest absolute Gasteiger partial charge is 0.129 e. The van der Waals surface area contributed by atoms with Crippen LogP contribution in [0, 0.1) is 0 Å². The van der Waals surface area contributed by atoms with Crippen molar-refractivity contribution >= 4 is 17.4 Å². The van der Waals surface area contributed by atoms with Crippen molar-refractivity contribution in [3.05, 3.63) is 22.8 Å². The Morgan fingerprint density at radius 1 is 1.39 bits per heavy atom. The van der Waals surface area contributed by atoms with Crippen molar-refractivity contribution in [1.82, 2.24) is 4.98 Å². The van der Waals surface area contributed by atoms with E-state index in [4.69, 9.17) is 21.1 Å². The van der Waals surface area contributed by atoms with Crippen LogP contribution in [0.3, 0.4) is 0 Å². The quantitative estimate of drug-likeness (QED) is 0.889. The van der Waals surface area contributed by atoms with Crippen molar-refractivity contribution < 1.29 is 14.6 Å². The number of nitrogens with zero attached hydrogens (tertiary/aromatic N) is 2. The lowest BCUT2D eigenvalue weighted by Gasteiger charge is -2.17. The zero-order chi connectivity index (χ0) is 13.1. The standard InChI is InChI=1S/C12H17ClN2O3/c1-17-10-5-15(6-11(10)18-2)12-3-8(7-16)9(13)4-14-12/h3-4,10-11,16H,5-7H2,1-2H3. The number of halogens is 1. The van der Waals surface area contributed by atoms with Crippen LogP contribution in [0.1, 0.15) is 5.56 Å². The average molecular weight is 273 g/mol. The normalized spacial score (nSPS) is 23.7. The van der Waals surface area contributed by atoms with Gasteiger partial charge >= 0.3 is 0 Å². The maximum atomic E-state index is 9.20. The second-order valence-corrected chi connectivity index (χ2v) is 4.65. The molecule has 0 radical (unpaired) electrons. The molecule has 2 rings (SSSR count). The summed E-state index contributed by atoms with van der Waals surface area (Å²) in [6.07, 6.45) is 1.62. The highest BCUT2D eigenvalue weighted by Crippen LogP contribution is 2.25. The lowest BCUT2D eigenvalue weighted by atomic mass is 10.2. The zero-order valence-electron chi connectivity index (χ0n) is 10.5. The molecular weight excluding hydrogens is 256 g/mol. The molecule has 2 heterocycles. The van der Waals surface area contributed by atoms with Gasteiger partial charge in [0, 0.05) is 39.1 Å². The van der Waals surface area contributed by atoms with Gasteiger partial charge in [-0.1, -0.05) is 11.6 Å². The fourth-order valence-electron chi connectivity index (χ4n) is 2.15. The molecule has 1 fully saturated rings. The van der Waals surface area contributed by atoms with E-state index in [1.807, 2.05) is 0 Å². The number of hydrogen-bond donors (Lipinski definition) is 1. The first-order valence-corrected chi connectivity index (χ1v) is 6.13. The van der Waals surface area contributed by atoms with Crippen LogP contribution in [0.25, 0.3) is 0 Å². The molecule has 2 atom stereocenters. The molecule has 2 unspecified atom stereocenters. The molecule has 6 heteroatoms. The number of methoxy groups -OCH3 is 2. The van der Waals surface area contributed by atoms with Gasteiger partial charge in [0.15, 0.2) is 0 Å². The molecule has 1 aromatic heterocycles. The molecule has 5 nitrogen and oxygen atoms in total. The molecule has 0 amide bonds. The summed E-state index contributed by atoms with van der Waals surface area (Å²) in [5.41, 5.74) is 0.677. The first-order valence-electron chi connectivity index (χ1n) is 5.75. The second-order valence-electron chi connectivity index (χ2n) is 4.25. The molecule has 1 aliphatic heterocycles. The van der Waals surface area contributed by atoms with Gasteiger partial charge < -0.3 is 19.5 Å². The first-order chi connectivity index (χ1) is 8.69. The molecule has 100 valence electrons. The molecule has 0 bridgehead atoms. The molecule has 1 aliphatic rings. The van der Waals surface area contributed by atoms with Crippen molar-refractivity contribution in [1.29, 1.82) is 0 Å².